The number of nitrogens with zero attached hydrogens (tertiary/aromatic N) is 3. The maximum absolute atomic E-state index is 12.0. The van der Waals surface area contributed by atoms with Crippen molar-refractivity contribution in [2.75, 3.05) is 58.3 Å². The van der Waals surface area contributed by atoms with Crippen LogP contribution in [0.1, 0.15) is 6.92 Å². The molecule has 2 N–H and O–H groups in total. The Hall–Kier alpha value is -1.79. The van der Waals surface area contributed by atoms with E-state index in [1.54, 1.807) is 6.92 Å². The first-order valence-electron chi connectivity index (χ1n) is 8.15. The van der Waals surface area contributed by atoms with Gasteiger partial charge in [0.05, 0.1) is 11.7 Å². The second-order valence-electron chi connectivity index (χ2n) is 6.22. The molecule has 1 aromatic carbocycles. The fourth-order valence-electron chi connectivity index (χ4n) is 2.63. The van der Waals surface area contributed by atoms with Gasteiger partial charge in [0.2, 0.25) is 5.91 Å². The molecule has 1 atom stereocenters. The lowest BCUT2D eigenvalue weighted by molar-refractivity contribution is -0.132. The number of rotatable bonds is 6. The fraction of sp³-hybridized carbons (Fsp3) is 0.588. The minimum atomic E-state index is -0.428. The molecule has 6 nitrogen and oxygen atoms in total. The number of para-hydroxylation sites is 2. The number of carbonyl (C=O) groups excluding carboxylic acids is 1. The Labute approximate surface area is 138 Å². The molecular formula is C17H28N4O2. The van der Waals surface area contributed by atoms with Crippen molar-refractivity contribution in [3.8, 4) is 5.75 Å². The molecule has 2 rings (SSSR count). The van der Waals surface area contributed by atoms with E-state index in [9.17, 15) is 4.79 Å². The van der Waals surface area contributed by atoms with Crippen LogP contribution in [0.2, 0.25) is 0 Å². The van der Waals surface area contributed by atoms with Crippen LogP contribution < -0.4 is 15.4 Å². The number of benzene rings is 1. The van der Waals surface area contributed by atoms with Crippen molar-refractivity contribution in [1.82, 2.24) is 9.80 Å². The lowest BCUT2D eigenvalue weighted by Crippen LogP contribution is -2.52. The number of likely N-dealkylation sites (N-methyl/N-ethyl adjacent to an activating group) is 1. The van der Waals surface area contributed by atoms with Gasteiger partial charge in [-0.3, -0.25) is 4.79 Å². The van der Waals surface area contributed by atoms with Crippen LogP contribution in [0.3, 0.4) is 0 Å². The number of ether oxygens (including phenoxy) is 1. The van der Waals surface area contributed by atoms with E-state index < -0.39 is 6.04 Å². The van der Waals surface area contributed by atoms with Crippen molar-refractivity contribution in [3.05, 3.63) is 24.3 Å². The van der Waals surface area contributed by atoms with E-state index in [0.717, 1.165) is 31.1 Å². The minimum Gasteiger partial charge on any atom is -0.490 e. The molecule has 0 radical (unpaired) electrons. The Morgan fingerprint density at radius 2 is 1.91 bits per heavy atom. The van der Waals surface area contributed by atoms with Gasteiger partial charge in [-0.2, -0.15) is 0 Å². The summed E-state index contributed by atoms with van der Waals surface area (Å²) in [7, 11) is 4.06. The number of carbonyl (C=O) groups is 1. The predicted octanol–water partition coefficient (Wildman–Crippen LogP) is 0.623. The van der Waals surface area contributed by atoms with Crippen LogP contribution in [0, 0.1) is 0 Å². The average molecular weight is 320 g/mol. The monoisotopic (exact) mass is 320 g/mol. The molecule has 0 aromatic heterocycles. The third-order valence-corrected chi connectivity index (χ3v) is 3.98. The van der Waals surface area contributed by atoms with Crippen molar-refractivity contribution in [3.63, 3.8) is 0 Å². The van der Waals surface area contributed by atoms with Gasteiger partial charge in [0, 0.05) is 32.7 Å². The summed E-state index contributed by atoms with van der Waals surface area (Å²) in [6.07, 6.45) is 0. The summed E-state index contributed by atoms with van der Waals surface area (Å²) in [5.74, 6) is 0.932. The Morgan fingerprint density at radius 1 is 1.26 bits per heavy atom. The van der Waals surface area contributed by atoms with Crippen molar-refractivity contribution >= 4 is 11.6 Å². The van der Waals surface area contributed by atoms with Crippen molar-refractivity contribution < 1.29 is 9.53 Å². The highest BCUT2D eigenvalue weighted by molar-refractivity contribution is 5.81. The highest BCUT2D eigenvalue weighted by Gasteiger charge is 2.24. The summed E-state index contributed by atoms with van der Waals surface area (Å²) in [5, 5.41) is 0. The van der Waals surface area contributed by atoms with E-state index in [1.165, 1.54) is 0 Å². The van der Waals surface area contributed by atoms with Gasteiger partial charge in [0.1, 0.15) is 12.4 Å². The van der Waals surface area contributed by atoms with Gasteiger partial charge in [-0.25, -0.2) is 0 Å². The van der Waals surface area contributed by atoms with Crippen LogP contribution in [0.15, 0.2) is 24.3 Å². The number of hydrogen-bond donors (Lipinski definition) is 1. The van der Waals surface area contributed by atoms with E-state index >= 15 is 0 Å². The molecule has 1 saturated heterocycles. The minimum absolute atomic E-state index is 0.0279. The molecule has 6 heteroatoms. The molecule has 1 aliphatic heterocycles. The zero-order chi connectivity index (χ0) is 16.8. The van der Waals surface area contributed by atoms with E-state index in [0.29, 0.717) is 19.7 Å². The van der Waals surface area contributed by atoms with Gasteiger partial charge in [0.25, 0.3) is 0 Å². The van der Waals surface area contributed by atoms with Crippen molar-refractivity contribution in [2.45, 2.75) is 13.0 Å². The molecule has 1 aliphatic rings. The Kier molecular flexibility index (Phi) is 6.24. The summed E-state index contributed by atoms with van der Waals surface area (Å²) >= 11 is 0. The zero-order valence-electron chi connectivity index (χ0n) is 14.4. The summed E-state index contributed by atoms with van der Waals surface area (Å²) < 4.78 is 5.93. The number of hydrogen-bond acceptors (Lipinski definition) is 5. The second-order valence-corrected chi connectivity index (χ2v) is 6.22. The largest absolute Gasteiger partial charge is 0.490 e. The van der Waals surface area contributed by atoms with E-state index in [2.05, 4.69) is 15.9 Å². The van der Waals surface area contributed by atoms with E-state index in [4.69, 9.17) is 10.5 Å². The molecule has 0 aliphatic carbocycles. The average Bonchev–Trinajstić information content (AvgIpc) is 2.54. The number of nitrogens with two attached hydrogens (primary N) is 1. The molecule has 1 amide bonds. The first-order chi connectivity index (χ1) is 11.0. The number of anilines is 1. The van der Waals surface area contributed by atoms with Crippen molar-refractivity contribution in [2.24, 2.45) is 5.73 Å². The Bertz CT molecular complexity index is 511. The molecule has 23 heavy (non-hydrogen) atoms. The molecular weight excluding hydrogens is 292 g/mol. The molecule has 1 heterocycles. The fourth-order valence-corrected chi connectivity index (χ4v) is 2.63. The molecule has 0 unspecified atom stereocenters. The van der Waals surface area contributed by atoms with E-state index in [1.807, 2.05) is 37.2 Å². The van der Waals surface area contributed by atoms with Crippen LogP contribution in [-0.2, 0) is 4.79 Å². The zero-order valence-corrected chi connectivity index (χ0v) is 14.4. The number of amides is 1. The van der Waals surface area contributed by atoms with Gasteiger partial charge in [-0.1, -0.05) is 12.1 Å². The topological polar surface area (TPSA) is 62.0 Å². The maximum Gasteiger partial charge on any atom is 0.239 e. The second kappa shape index (κ2) is 8.17. The van der Waals surface area contributed by atoms with Gasteiger partial charge in [-0.15, -0.1) is 0 Å². The molecule has 0 spiro atoms. The highest BCUT2D eigenvalue weighted by atomic mass is 16.5. The third kappa shape index (κ3) is 4.84. The lowest BCUT2D eigenvalue weighted by atomic mass is 10.2. The summed E-state index contributed by atoms with van der Waals surface area (Å²) in [6, 6.07) is 7.67. The Morgan fingerprint density at radius 3 is 2.52 bits per heavy atom. The molecule has 0 bridgehead atoms. The summed E-state index contributed by atoms with van der Waals surface area (Å²) in [5.41, 5.74) is 6.78. The smallest absolute Gasteiger partial charge is 0.239 e. The van der Waals surface area contributed by atoms with Crippen LogP contribution in [0.5, 0.6) is 5.75 Å². The molecule has 128 valence electrons. The first-order valence-corrected chi connectivity index (χ1v) is 8.15. The van der Waals surface area contributed by atoms with Gasteiger partial charge in [0.15, 0.2) is 0 Å². The summed E-state index contributed by atoms with van der Waals surface area (Å²) in [6.45, 7) is 6.28. The lowest BCUT2D eigenvalue weighted by Gasteiger charge is -2.37. The predicted molar refractivity (Wildman–Crippen MR) is 92.9 cm³/mol. The van der Waals surface area contributed by atoms with Crippen molar-refractivity contribution in [1.29, 1.82) is 0 Å². The molecule has 0 saturated carbocycles. The standard InChI is InChI=1S/C17H28N4O2/c1-14(18)17(22)21-10-8-20(9-11-21)15-6-4-5-7-16(15)23-13-12-19(2)3/h4-7,14H,8-13,18H2,1-3H3/t14-/m1/s1. The molecule has 1 fully saturated rings. The SMILES string of the molecule is C[C@@H](N)C(=O)N1CCN(c2ccccc2OCCN(C)C)CC1. The van der Waals surface area contributed by atoms with Crippen LogP contribution in [0.4, 0.5) is 5.69 Å². The quantitative estimate of drug-likeness (QED) is 0.833. The highest BCUT2D eigenvalue weighted by Crippen LogP contribution is 2.28. The Balaban J connectivity index is 1.96. The normalized spacial score (nSPS) is 16.6. The van der Waals surface area contributed by atoms with Gasteiger partial charge in [-0.05, 0) is 33.2 Å². The third-order valence-electron chi connectivity index (χ3n) is 3.98. The number of piperazine rings is 1. The maximum atomic E-state index is 12.0. The first kappa shape index (κ1) is 17.6. The van der Waals surface area contributed by atoms with Gasteiger partial charge >= 0.3 is 0 Å². The van der Waals surface area contributed by atoms with Crippen LogP contribution in [-0.4, -0.2) is 75.2 Å². The molecule has 1 aromatic rings. The van der Waals surface area contributed by atoms with Crippen LogP contribution in [0.25, 0.3) is 0 Å². The van der Waals surface area contributed by atoms with Crippen LogP contribution >= 0.6 is 0 Å². The van der Waals surface area contributed by atoms with E-state index in [-0.39, 0.29) is 5.91 Å². The summed E-state index contributed by atoms with van der Waals surface area (Å²) in [4.78, 5) is 18.2. The van der Waals surface area contributed by atoms with Gasteiger partial charge < -0.3 is 25.2 Å².